The minimum Gasteiger partial charge on any atom is -0.309 e. The number of hydrogen-bond acceptors (Lipinski definition) is 2. The van der Waals surface area contributed by atoms with Gasteiger partial charge in [-0.1, -0.05) is 188 Å². The number of para-hydroxylation sites is 3. The molecule has 0 amide bonds. The van der Waals surface area contributed by atoms with Crippen molar-refractivity contribution in [2.75, 3.05) is 0 Å². The highest BCUT2D eigenvalue weighted by molar-refractivity contribution is 6.12. The molecule has 0 aliphatic carbocycles. The summed E-state index contributed by atoms with van der Waals surface area (Å²) in [5.74, 6) is 0.699. The molecule has 4 heteroatoms. The Hall–Kier alpha value is -9.12. The van der Waals surface area contributed by atoms with E-state index in [1.54, 1.807) is 0 Å². The maximum atomic E-state index is 5.18. The Morgan fingerprint density at radius 3 is 1.40 bits per heavy atom. The molecule has 0 saturated carbocycles. The zero-order valence-corrected chi connectivity index (χ0v) is 37.0. The predicted molar refractivity (Wildman–Crippen MR) is 283 cm³/mol. The first-order valence-corrected chi connectivity index (χ1v) is 23.1. The van der Waals surface area contributed by atoms with Crippen LogP contribution in [-0.4, -0.2) is 19.1 Å². The molecule has 318 valence electrons. The van der Waals surface area contributed by atoms with E-state index in [-0.39, 0.29) is 0 Å². The van der Waals surface area contributed by atoms with E-state index in [1.165, 1.54) is 60.3 Å². The largest absolute Gasteiger partial charge is 0.309 e. The van der Waals surface area contributed by atoms with Crippen LogP contribution in [0.3, 0.4) is 0 Å². The van der Waals surface area contributed by atoms with Crippen LogP contribution in [0.2, 0.25) is 0 Å². The van der Waals surface area contributed by atoms with Crippen LogP contribution in [0.25, 0.3) is 122 Å². The lowest BCUT2D eigenvalue weighted by atomic mass is 9.98. The first-order chi connectivity index (χ1) is 33.7. The summed E-state index contributed by atoms with van der Waals surface area (Å²) in [5.41, 5.74) is 18.8. The lowest BCUT2D eigenvalue weighted by Crippen LogP contribution is -1.96. The second-order valence-corrected chi connectivity index (χ2v) is 17.4. The smallest absolute Gasteiger partial charge is 0.160 e. The summed E-state index contributed by atoms with van der Waals surface area (Å²) in [4.78, 5) is 10.3. The van der Waals surface area contributed by atoms with E-state index in [4.69, 9.17) is 9.97 Å². The second kappa shape index (κ2) is 16.4. The zero-order chi connectivity index (χ0) is 45.0. The highest BCUT2D eigenvalue weighted by Crippen LogP contribution is 2.39. The molecule has 10 aromatic carbocycles. The highest BCUT2D eigenvalue weighted by atomic mass is 15.0. The maximum Gasteiger partial charge on any atom is 0.160 e. The molecule has 0 spiro atoms. The van der Waals surface area contributed by atoms with Crippen molar-refractivity contribution in [3.8, 4) is 78.7 Å². The van der Waals surface area contributed by atoms with Gasteiger partial charge in [-0.2, -0.15) is 0 Å². The molecular weight excluding hydrogens is 825 g/mol. The van der Waals surface area contributed by atoms with Gasteiger partial charge in [0.1, 0.15) is 0 Å². The molecule has 0 N–H and O–H groups in total. The van der Waals surface area contributed by atoms with Gasteiger partial charge in [0.15, 0.2) is 5.82 Å². The molecule has 0 fully saturated rings. The van der Waals surface area contributed by atoms with Crippen molar-refractivity contribution in [1.82, 2.24) is 19.1 Å². The minimum atomic E-state index is 0.699. The number of aromatic nitrogens is 4. The van der Waals surface area contributed by atoms with Gasteiger partial charge in [-0.25, -0.2) is 9.97 Å². The molecule has 0 radical (unpaired) electrons. The third kappa shape index (κ3) is 6.86. The van der Waals surface area contributed by atoms with Gasteiger partial charge in [-0.05, 0) is 100 Å². The molecule has 68 heavy (non-hydrogen) atoms. The lowest BCUT2D eigenvalue weighted by Gasteiger charge is -2.12. The number of rotatable bonds is 8. The average Bonchev–Trinajstić information content (AvgIpc) is 3.94. The molecule has 0 bridgehead atoms. The van der Waals surface area contributed by atoms with Gasteiger partial charge in [0.05, 0.1) is 33.5 Å². The molecule has 0 aliphatic rings. The standard InChI is InChI=1S/C64H42N4/c1-4-16-43(17-5-1)44-30-32-45(33-31-44)58-42-59(66-64(65-58)46-18-6-2-7-19-46)51-22-14-20-47(38-51)49-35-37-62-57(40-49)55-27-11-13-29-61(55)68(62)53-25-15-21-48(39-53)50-34-36-56-54-26-10-12-28-60(54)67(63(56)41-50)52-23-8-3-9-24-52/h1-42H. The van der Waals surface area contributed by atoms with E-state index in [2.05, 4.69) is 240 Å². The number of hydrogen-bond donors (Lipinski definition) is 0. The Kier molecular flexibility index (Phi) is 9.47. The fourth-order valence-corrected chi connectivity index (χ4v) is 10.0. The Labute approximate surface area is 394 Å². The van der Waals surface area contributed by atoms with E-state index in [9.17, 15) is 0 Å². The Morgan fingerprint density at radius 1 is 0.221 bits per heavy atom. The van der Waals surface area contributed by atoms with Gasteiger partial charge < -0.3 is 9.13 Å². The maximum absolute atomic E-state index is 5.18. The van der Waals surface area contributed by atoms with Crippen molar-refractivity contribution >= 4 is 43.6 Å². The van der Waals surface area contributed by atoms with Crippen LogP contribution in [0.15, 0.2) is 255 Å². The van der Waals surface area contributed by atoms with Crippen LogP contribution in [-0.2, 0) is 0 Å². The normalized spacial score (nSPS) is 11.5. The van der Waals surface area contributed by atoms with Crippen molar-refractivity contribution in [3.05, 3.63) is 255 Å². The van der Waals surface area contributed by atoms with Crippen molar-refractivity contribution in [3.63, 3.8) is 0 Å². The van der Waals surface area contributed by atoms with Gasteiger partial charge in [0.25, 0.3) is 0 Å². The number of fused-ring (bicyclic) bond motifs is 6. The summed E-state index contributed by atoms with van der Waals surface area (Å²) < 4.78 is 4.80. The Balaban J connectivity index is 0.885. The van der Waals surface area contributed by atoms with E-state index >= 15 is 0 Å². The fourth-order valence-electron chi connectivity index (χ4n) is 10.0. The average molecular weight is 867 g/mol. The topological polar surface area (TPSA) is 35.6 Å². The van der Waals surface area contributed by atoms with E-state index in [0.717, 1.165) is 56.1 Å². The van der Waals surface area contributed by atoms with Gasteiger partial charge in [0, 0.05) is 49.6 Å². The molecule has 0 atom stereocenters. The summed E-state index contributed by atoms with van der Waals surface area (Å²) in [6, 6.07) is 91.2. The van der Waals surface area contributed by atoms with Gasteiger partial charge in [-0.3, -0.25) is 0 Å². The fraction of sp³-hybridized carbons (Fsp3) is 0. The van der Waals surface area contributed by atoms with Crippen LogP contribution in [0.5, 0.6) is 0 Å². The third-order valence-electron chi connectivity index (χ3n) is 13.3. The van der Waals surface area contributed by atoms with E-state index in [0.29, 0.717) is 5.82 Å². The van der Waals surface area contributed by atoms with Gasteiger partial charge in [-0.15, -0.1) is 0 Å². The highest BCUT2D eigenvalue weighted by Gasteiger charge is 2.17. The van der Waals surface area contributed by atoms with Gasteiger partial charge in [0.2, 0.25) is 0 Å². The molecule has 0 unspecified atom stereocenters. The van der Waals surface area contributed by atoms with E-state index in [1.807, 2.05) is 24.3 Å². The molecular formula is C64H42N4. The SMILES string of the molecule is c1ccc(-c2ccc(-c3cc(-c4cccc(-c5ccc6c(c5)c5ccccc5n6-c5cccc(-c6ccc7c8ccccc8n(-c8ccccc8)c7c6)c5)c4)nc(-c4ccccc4)n3)cc2)cc1. The zero-order valence-electron chi connectivity index (χ0n) is 37.0. The monoisotopic (exact) mass is 866 g/mol. The molecule has 3 aromatic heterocycles. The van der Waals surface area contributed by atoms with Crippen LogP contribution in [0.4, 0.5) is 0 Å². The first kappa shape index (κ1) is 39.3. The van der Waals surface area contributed by atoms with Crippen LogP contribution in [0.1, 0.15) is 0 Å². The second-order valence-electron chi connectivity index (χ2n) is 17.4. The molecule has 13 aromatic rings. The van der Waals surface area contributed by atoms with Crippen molar-refractivity contribution in [2.45, 2.75) is 0 Å². The van der Waals surface area contributed by atoms with Gasteiger partial charge >= 0.3 is 0 Å². The third-order valence-corrected chi connectivity index (χ3v) is 13.3. The van der Waals surface area contributed by atoms with Crippen LogP contribution >= 0.6 is 0 Å². The summed E-state index contributed by atoms with van der Waals surface area (Å²) in [6.45, 7) is 0. The summed E-state index contributed by atoms with van der Waals surface area (Å²) in [7, 11) is 0. The van der Waals surface area contributed by atoms with Crippen LogP contribution < -0.4 is 0 Å². The predicted octanol–water partition coefficient (Wildman–Crippen LogP) is 16.7. The van der Waals surface area contributed by atoms with Crippen molar-refractivity contribution < 1.29 is 0 Å². The van der Waals surface area contributed by atoms with Crippen LogP contribution in [0, 0.1) is 0 Å². The lowest BCUT2D eigenvalue weighted by molar-refractivity contribution is 1.18. The Bertz CT molecular complexity index is 4000. The molecule has 3 heterocycles. The molecule has 0 aliphatic heterocycles. The quantitative estimate of drug-likeness (QED) is 0.153. The number of benzene rings is 10. The summed E-state index contributed by atoms with van der Waals surface area (Å²) >= 11 is 0. The molecule has 0 saturated heterocycles. The summed E-state index contributed by atoms with van der Waals surface area (Å²) in [6.07, 6.45) is 0. The first-order valence-electron chi connectivity index (χ1n) is 23.1. The number of nitrogens with zero attached hydrogens (tertiary/aromatic N) is 4. The minimum absolute atomic E-state index is 0.699. The molecule has 4 nitrogen and oxygen atoms in total. The summed E-state index contributed by atoms with van der Waals surface area (Å²) in [5, 5.41) is 4.92. The Morgan fingerprint density at radius 2 is 0.662 bits per heavy atom. The van der Waals surface area contributed by atoms with Crippen molar-refractivity contribution in [2.24, 2.45) is 0 Å². The van der Waals surface area contributed by atoms with Crippen molar-refractivity contribution in [1.29, 1.82) is 0 Å². The molecule has 13 rings (SSSR count). The van der Waals surface area contributed by atoms with E-state index < -0.39 is 0 Å².